The van der Waals surface area contributed by atoms with Gasteiger partial charge in [0.2, 0.25) is 0 Å². The fourth-order valence-corrected chi connectivity index (χ4v) is 3.13. The topological polar surface area (TPSA) is 26.0 Å². The molecule has 1 heterocycles. The zero-order valence-electron chi connectivity index (χ0n) is 8.01. The quantitative estimate of drug-likeness (QED) is 0.822. The van der Waals surface area contributed by atoms with Crippen LogP contribution in [0.4, 0.5) is 5.69 Å². The lowest BCUT2D eigenvalue weighted by Crippen LogP contribution is -1.86. The molecule has 0 aliphatic rings. The minimum atomic E-state index is 0.847. The highest BCUT2D eigenvalue weighted by molar-refractivity contribution is 9.08. The molecule has 0 bridgehead atoms. The fraction of sp³-hybridized carbons (Fsp3) is 0.273. The highest BCUT2D eigenvalue weighted by atomic mass is 79.9. The number of thiophene rings is 1. The molecule has 2 aromatic rings. The van der Waals surface area contributed by atoms with Crippen LogP contribution in [0.1, 0.15) is 17.4 Å². The number of benzene rings is 1. The highest BCUT2D eigenvalue weighted by Crippen LogP contribution is 2.35. The molecule has 0 radical (unpaired) electrons. The summed E-state index contributed by atoms with van der Waals surface area (Å²) in [6, 6.07) is 6.55. The Morgan fingerprint density at radius 3 is 2.86 bits per heavy atom. The molecule has 1 nitrogen and oxygen atoms in total. The predicted octanol–water partition coefficient (Wildman–Crippen LogP) is 3.94. The van der Waals surface area contributed by atoms with Crippen molar-refractivity contribution in [2.24, 2.45) is 0 Å². The lowest BCUT2D eigenvalue weighted by Gasteiger charge is -1.97. The number of nitrogen functional groups attached to an aromatic ring is 1. The van der Waals surface area contributed by atoms with Gasteiger partial charge in [0, 0.05) is 20.3 Å². The number of anilines is 1. The molecule has 0 aliphatic carbocycles. The molecule has 0 saturated heterocycles. The van der Waals surface area contributed by atoms with Crippen molar-refractivity contribution in [3.05, 3.63) is 28.6 Å². The van der Waals surface area contributed by atoms with E-state index in [1.54, 1.807) is 11.3 Å². The maximum Gasteiger partial charge on any atom is 0.0544 e. The first-order valence-electron chi connectivity index (χ1n) is 4.62. The van der Waals surface area contributed by atoms with Gasteiger partial charge in [0.1, 0.15) is 0 Å². The Kier molecular flexibility index (Phi) is 2.79. The third-order valence-electron chi connectivity index (χ3n) is 2.40. The average Bonchev–Trinajstić information content (AvgIpc) is 2.55. The number of hydrogen-bond acceptors (Lipinski definition) is 2. The minimum Gasteiger partial charge on any atom is -0.397 e. The summed E-state index contributed by atoms with van der Waals surface area (Å²) in [6.07, 6.45) is 1.06. The summed E-state index contributed by atoms with van der Waals surface area (Å²) < 4.78 is 1.29. The number of alkyl halides is 1. The first kappa shape index (κ1) is 9.99. The van der Waals surface area contributed by atoms with Gasteiger partial charge in [-0.05, 0) is 24.1 Å². The monoisotopic (exact) mass is 269 g/mol. The van der Waals surface area contributed by atoms with Gasteiger partial charge in [0.15, 0.2) is 0 Å². The average molecular weight is 270 g/mol. The van der Waals surface area contributed by atoms with Gasteiger partial charge < -0.3 is 5.73 Å². The van der Waals surface area contributed by atoms with E-state index >= 15 is 0 Å². The van der Waals surface area contributed by atoms with E-state index in [9.17, 15) is 0 Å². The third kappa shape index (κ3) is 1.55. The summed E-state index contributed by atoms with van der Waals surface area (Å²) in [5.41, 5.74) is 8.35. The summed E-state index contributed by atoms with van der Waals surface area (Å²) in [5, 5.41) is 2.06. The number of hydrogen-bond donors (Lipinski definition) is 1. The maximum atomic E-state index is 6.05. The first-order chi connectivity index (χ1) is 6.76. The number of halogens is 1. The number of rotatable bonds is 2. The van der Waals surface area contributed by atoms with Crippen molar-refractivity contribution in [1.82, 2.24) is 0 Å². The summed E-state index contributed by atoms with van der Waals surface area (Å²) in [4.78, 5) is 1.23. The zero-order chi connectivity index (χ0) is 10.1. The standard InChI is InChI=1S/C11H12BrNS/c1-2-7-3-4-9-8(5-7)11(13)10(6-12)14-9/h3-5H,2,6,13H2,1H3. The second-order valence-corrected chi connectivity index (χ2v) is 4.95. The van der Waals surface area contributed by atoms with Crippen LogP contribution < -0.4 is 5.73 Å². The van der Waals surface area contributed by atoms with Crippen LogP contribution in [0.5, 0.6) is 0 Å². The molecule has 3 heteroatoms. The Morgan fingerprint density at radius 1 is 1.43 bits per heavy atom. The number of fused-ring (bicyclic) bond motifs is 1. The minimum absolute atomic E-state index is 0.847. The molecule has 0 aliphatic heterocycles. The normalized spacial score (nSPS) is 11.0. The molecule has 0 spiro atoms. The van der Waals surface area contributed by atoms with Crippen LogP contribution in [0.15, 0.2) is 18.2 Å². The Balaban J connectivity index is 2.68. The van der Waals surface area contributed by atoms with E-state index in [1.165, 1.54) is 20.5 Å². The smallest absolute Gasteiger partial charge is 0.0544 e. The van der Waals surface area contributed by atoms with Gasteiger partial charge in [-0.25, -0.2) is 0 Å². The molecule has 14 heavy (non-hydrogen) atoms. The second-order valence-electron chi connectivity index (χ2n) is 3.26. The van der Waals surface area contributed by atoms with Crippen LogP contribution in [0.25, 0.3) is 10.1 Å². The molecule has 1 aromatic heterocycles. The van der Waals surface area contributed by atoms with E-state index in [0.717, 1.165) is 17.4 Å². The van der Waals surface area contributed by atoms with E-state index in [4.69, 9.17) is 5.73 Å². The number of aryl methyl sites for hydroxylation is 1. The Morgan fingerprint density at radius 2 is 2.21 bits per heavy atom. The molecular weight excluding hydrogens is 258 g/mol. The van der Waals surface area contributed by atoms with E-state index < -0.39 is 0 Å². The first-order valence-corrected chi connectivity index (χ1v) is 6.55. The van der Waals surface area contributed by atoms with Crippen molar-refractivity contribution in [2.45, 2.75) is 18.7 Å². The molecule has 0 fully saturated rings. The molecule has 1 aromatic carbocycles. The van der Waals surface area contributed by atoms with Gasteiger partial charge in [0.05, 0.1) is 5.69 Å². The summed E-state index contributed by atoms with van der Waals surface area (Å²) in [5.74, 6) is 0. The van der Waals surface area contributed by atoms with Crippen molar-refractivity contribution < 1.29 is 0 Å². The summed E-state index contributed by atoms with van der Waals surface area (Å²) in [6.45, 7) is 2.16. The molecule has 74 valence electrons. The Bertz CT molecular complexity index is 462. The van der Waals surface area contributed by atoms with Gasteiger partial charge >= 0.3 is 0 Å². The van der Waals surface area contributed by atoms with E-state index in [-0.39, 0.29) is 0 Å². The van der Waals surface area contributed by atoms with Gasteiger partial charge in [-0.1, -0.05) is 28.9 Å². The Labute approximate surface area is 96.1 Å². The molecule has 2 rings (SSSR count). The van der Waals surface area contributed by atoms with Crippen LogP contribution in [0.3, 0.4) is 0 Å². The molecular formula is C11H12BrNS. The van der Waals surface area contributed by atoms with Gasteiger partial charge in [0.25, 0.3) is 0 Å². The maximum absolute atomic E-state index is 6.05. The second kappa shape index (κ2) is 3.91. The zero-order valence-corrected chi connectivity index (χ0v) is 10.4. The van der Waals surface area contributed by atoms with E-state index in [0.29, 0.717) is 0 Å². The van der Waals surface area contributed by atoms with Crippen molar-refractivity contribution in [1.29, 1.82) is 0 Å². The predicted molar refractivity (Wildman–Crippen MR) is 68.2 cm³/mol. The van der Waals surface area contributed by atoms with Gasteiger partial charge in [-0.15, -0.1) is 11.3 Å². The van der Waals surface area contributed by atoms with Gasteiger partial charge in [-0.2, -0.15) is 0 Å². The Hall–Kier alpha value is -0.540. The summed E-state index contributed by atoms with van der Waals surface area (Å²) >= 11 is 5.22. The molecule has 0 atom stereocenters. The van der Waals surface area contributed by atoms with Crippen LogP contribution >= 0.6 is 27.3 Å². The molecule has 0 amide bonds. The SMILES string of the molecule is CCc1ccc2sc(CBr)c(N)c2c1. The van der Waals surface area contributed by atoms with Crippen LogP contribution in [-0.2, 0) is 11.8 Å². The number of nitrogens with two attached hydrogens (primary N) is 1. The molecule has 2 N–H and O–H groups in total. The van der Waals surface area contributed by atoms with E-state index in [2.05, 4.69) is 41.1 Å². The van der Waals surface area contributed by atoms with Crippen molar-refractivity contribution in [3.63, 3.8) is 0 Å². The van der Waals surface area contributed by atoms with E-state index in [1.807, 2.05) is 0 Å². The highest BCUT2D eigenvalue weighted by Gasteiger charge is 2.07. The largest absolute Gasteiger partial charge is 0.397 e. The third-order valence-corrected chi connectivity index (χ3v) is 4.52. The van der Waals surface area contributed by atoms with Crippen molar-refractivity contribution in [3.8, 4) is 0 Å². The van der Waals surface area contributed by atoms with Crippen molar-refractivity contribution >= 4 is 43.0 Å². The molecule has 0 unspecified atom stereocenters. The van der Waals surface area contributed by atoms with Crippen LogP contribution in [0, 0.1) is 0 Å². The molecule has 0 saturated carbocycles. The lowest BCUT2D eigenvalue weighted by atomic mass is 10.1. The van der Waals surface area contributed by atoms with Gasteiger partial charge in [-0.3, -0.25) is 0 Å². The van der Waals surface area contributed by atoms with Crippen LogP contribution in [-0.4, -0.2) is 0 Å². The fourth-order valence-electron chi connectivity index (χ4n) is 1.53. The van der Waals surface area contributed by atoms with Crippen molar-refractivity contribution in [2.75, 3.05) is 5.73 Å². The summed E-state index contributed by atoms with van der Waals surface area (Å²) in [7, 11) is 0. The van der Waals surface area contributed by atoms with Crippen LogP contribution in [0.2, 0.25) is 0 Å². The lowest BCUT2D eigenvalue weighted by molar-refractivity contribution is 1.15.